The standard InChI is InChI=1S/C34H50N4O3.C33H51N3O4.C33H49N3O4/c1-4-5-12-28-23-38(25-33(24-35)15-7-6-8-16-33)32(40)41-34(28)17-21-36(22-18-34)29-13-19-37(20-14-29)31(39)30-26(2)10-9-11-27(30)3;2*1-4-5-14-27-23-36(30(37)26-12-7-6-8-13-26)32(39)40-33(27)17-21-34(22-18-33)28-15-19-35(20-16-28)31(38)29-24(2)10-9-11-25(29)3/h9-11,28-29H,4-8,12-23,25H2,1-3H3;9-11,26-28,30,37H,4-8,12-23H2,1-3H3;9-11,26-28H,4-8,12-23H2,1-3H3. The van der Waals surface area contributed by atoms with Crippen LogP contribution < -0.4 is 0 Å². The van der Waals surface area contributed by atoms with E-state index in [4.69, 9.17) is 14.2 Å². The van der Waals surface area contributed by atoms with Crippen molar-refractivity contribution in [2.24, 2.45) is 35.0 Å². The number of rotatable bonds is 20. The molecular formula is C100H150N10O11. The molecule has 0 aromatic heterocycles. The Morgan fingerprint density at radius 3 is 1.12 bits per heavy atom. The Hall–Kier alpha value is -7.12. The van der Waals surface area contributed by atoms with Crippen LogP contribution in [0.25, 0.3) is 0 Å². The number of carbonyl (C=O) groups is 7. The summed E-state index contributed by atoms with van der Waals surface area (Å²) in [6.07, 6.45) is 35.0. The van der Waals surface area contributed by atoms with Crippen molar-refractivity contribution in [1.29, 1.82) is 5.26 Å². The van der Waals surface area contributed by atoms with E-state index >= 15 is 0 Å². The topological polar surface area (TPSA) is 220 Å². The zero-order valence-corrected chi connectivity index (χ0v) is 75.7. The SMILES string of the molecule is CCCCC1CN(C(=O)C2CCCCC2)C(=O)OC12CCN(C1CCN(C(=O)c3c(C)cccc3C)CC1)CC2.CCCCC1CN(C(O)C2CCCCC2)C(=O)OC12CCN(C1CCN(C(=O)c3c(C)cccc3C)CC1)CC2.CCCCC1CN(CC2(C#N)CCCCC2)C(=O)OC12CCN(C1CCN(C(=O)c3c(C)cccc3C)CC1)CC2. The Morgan fingerprint density at radius 1 is 0.421 bits per heavy atom. The first-order valence-electron chi connectivity index (χ1n) is 48.3. The second kappa shape index (κ2) is 41.8. The lowest BCUT2D eigenvalue weighted by atomic mass is 9.73. The molecule has 12 aliphatic rings. The van der Waals surface area contributed by atoms with Crippen molar-refractivity contribution < 1.29 is 52.9 Å². The summed E-state index contributed by atoms with van der Waals surface area (Å²) >= 11 is 0. The Bertz CT molecular complexity index is 3960. The first-order chi connectivity index (χ1) is 58.4. The molecule has 12 fully saturated rings. The maximum Gasteiger partial charge on any atom is 0.417 e. The van der Waals surface area contributed by atoms with E-state index in [0.717, 1.165) is 347 Å². The molecule has 7 amide bonds. The molecule has 4 atom stereocenters. The predicted octanol–water partition coefficient (Wildman–Crippen LogP) is 18.5. The molecule has 0 bridgehead atoms. The zero-order valence-electron chi connectivity index (χ0n) is 75.7. The van der Waals surface area contributed by atoms with Crippen molar-refractivity contribution in [1.82, 2.24) is 44.1 Å². The van der Waals surface area contributed by atoms with Gasteiger partial charge >= 0.3 is 18.3 Å². The number of imide groups is 1. The molecule has 666 valence electrons. The number of amides is 7. The van der Waals surface area contributed by atoms with Crippen molar-refractivity contribution in [2.45, 2.75) is 335 Å². The minimum atomic E-state index is -0.717. The van der Waals surface area contributed by atoms with Crippen LogP contribution in [-0.4, -0.2) is 237 Å². The van der Waals surface area contributed by atoms with Gasteiger partial charge in [-0.15, -0.1) is 0 Å². The van der Waals surface area contributed by atoms with E-state index in [1.54, 1.807) is 4.90 Å². The third-order valence-corrected chi connectivity index (χ3v) is 31.8. The van der Waals surface area contributed by atoms with Gasteiger partial charge in [-0.25, -0.2) is 19.3 Å². The molecule has 3 aromatic rings. The summed E-state index contributed by atoms with van der Waals surface area (Å²) in [5, 5.41) is 21.2. The fourth-order valence-electron chi connectivity index (χ4n) is 24.1. The highest BCUT2D eigenvalue weighted by molar-refractivity contribution is 5.99. The number of aliphatic hydroxyl groups excluding tert-OH is 1. The molecule has 9 saturated heterocycles. The summed E-state index contributed by atoms with van der Waals surface area (Å²) in [5.41, 5.74) is 7.23. The monoisotopic (exact) mass is 1670 g/mol. The molecule has 4 unspecified atom stereocenters. The number of unbranched alkanes of at least 4 members (excludes halogenated alkanes) is 3. The quantitative estimate of drug-likeness (QED) is 0.104. The van der Waals surface area contributed by atoms with Gasteiger partial charge in [-0.1, -0.05) is 172 Å². The average Bonchev–Trinajstić information content (AvgIpc) is 0.763. The van der Waals surface area contributed by atoms with Gasteiger partial charge in [-0.05, 0) is 171 Å². The highest BCUT2D eigenvalue weighted by atomic mass is 16.6. The van der Waals surface area contributed by atoms with Crippen LogP contribution in [0.5, 0.6) is 0 Å². The number of hydrogen-bond acceptors (Lipinski definition) is 15. The number of aliphatic hydroxyl groups is 1. The predicted molar refractivity (Wildman–Crippen MR) is 474 cm³/mol. The molecule has 3 spiro atoms. The Morgan fingerprint density at radius 2 is 0.752 bits per heavy atom. The Balaban J connectivity index is 0.000000157. The molecule has 21 heteroatoms. The van der Waals surface area contributed by atoms with Crippen molar-refractivity contribution in [3.05, 3.63) is 105 Å². The van der Waals surface area contributed by atoms with Crippen LogP contribution in [0.1, 0.15) is 316 Å². The van der Waals surface area contributed by atoms with Crippen molar-refractivity contribution in [3.63, 3.8) is 0 Å². The molecular weight excluding hydrogens is 1520 g/mol. The number of ether oxygens (including phenoxy) is 3. The summed E-state index contributed by atoms with van der Waals surface area (Å²) < 4.78 is 19.1. The van der Waals surface area contributed by atoms with Crippen LogP contribution >= 0.6 is 0 Å². The summed E-state index contributed by atoms with van der Waals surface area (Å²) in [6.45, 7) is 31.5. The molecule has 0 radical (unpaired) electrons. The number of hydrogen-bond donors (Lipinski definition) is 1. The molecule has 1 N–H and O–H groups in total. The zero-order chi connectivity index (χ0) is 85.6. The van der Waals surface area contributed by atoms with E-state index < -0.39 is 28.9 Å². The first-order valence-corrected chi connectivity index (χ1v) is 48.3. The Labute approximate surface area is 725 Å². The van der Waals surface area contributed by atoms with Gasteiger partial charge in [0.05, 0.1) is 11.5 Å². The largest absolute Gasteiger partial charge is 0.442 e. The van der Waals surface area contributed by atoms with Crippen molar-refractivity contribution in [3.8, 4) is 6.07 Å². The summed E-state index contributed by atoms with van der Waals surface area (Å²) in [6, 6.07) is 22.2. The molecule has 121 heavy (non-hydrogen) atoms. The minimum absolute atomic E-state index is 0.000631. The smallest absolute Gasteiger partial charge is 0.417 e. The van der Waals surface area contributed by atoms with Crippen LogP contribution in [0.4, 0.5) is 14.4 Å². The highest BCUT2D eigenvalue weighted by Crippen LogP contribution is 2.48. The molecule has 15 rings (SSSR count). The van der Waals surface area contributed by atoms with Crippen LogP contribution in [0.3, 0.4) is 0 Å². The van der Waals surface area contributed by atoms with Gasteiger partial charge < -0.3 is 38.9 Å². The van der Waals surface area contributed by atoms with Gasteiger partial charge in [-0.2, -0.15) is 5.26 Å². The fraction of sp³-hybridized carbons (Fsp3) is 0.740. The molecule has 3 aliphatic carbocycles. The lowest BCUT2D eigenvalue weighted by Crippen LogP contribution is -2.63. The van der Waals surface area contributed by atoms with Gasteiger partial charge in [0.25, 0.3) is 17.7 Å². The first kappa shape index (κ1) is 91.6. The number of nitrogens with zero attached hydrogens (tertiary/aromatic N) is 10. The summed E-state index contributed by atoms with van der Waals surface area (Å²) in [5.74, 6) is 1.44. The third kappa shape index (κ3) is 21.2. The fourth-order valence-corrected chi connectivity index (χ4v) is 24.1. The maximum atomic E-state index is 13.4. The van der Waals surface area contributed by atoms with Gasteiger partial charge in [0.2, 0.25) is 5.91 Å². The van der Waals surface area contributed by atoms with E-state index in [-0.39, 0.29) is 65.1 Å². The lowest BCUT2D eigenvalue weighted by molar-refractivity contribution is -0.157. The average molecular weight is 1670 g/mol. The van der Waals surface area contributed by atoms with Crippen LogP contribution in [0, 0.1) is 87.9 Å². The molecule has 21 nitrogen and oxygen atoms in total. The number of carbonyl (C=O) groups excluding carboxylic acids is 7. The van der Waals surface area contributed by atoms with E-state index in [2.05, 4.69) is 41.5 Å². The normalized spacial score (nSPS) is 25.2. The number of likely N-dealkylation sites (tertiary alicyclic amines) is 6. The van der Waals surface area contributed by atoms with Crippen molar-refractivity contribution in [2.75, 3.05) is 105 Å². The number of nitriles is 1. The highest BCUT2D eigenvalue weighted by Gasteiger charge is 2.56. The van der Waals surface area contributed by atoms with Gasteiger partial charge in [0.1, 0.15) is 23.0 Å². The second-order valence-electron chi connectivity index (χ2n) is 39.4. The van der Waals surface area contributed by atoms with E-state index in [9.17, 15) is 43.9 Å². The van der Waals surface area contributed by atoms with Crippen LogP contribution in [-0.2, 0) is 19.0 Å². The van der Waals surface area contributed by atoms with E-state index in [0.29, 0.717) is 43.7 Å². The second-order valence-corrected chi connectivity index (χ2v) is 39.4. The third-order valence-electron chi connectivity index (χ3n) is 31.8. The van der Waals surface area contributed by atoms with E-state index in [1.165, 1.54) is 24.2 Å². The van der Waals surface area contributed by atoms with E-state index in [1.807, 2.05) is 116 Å². The summed E-state index contributed by atoms with van der Waals surface area (Å²) in [4.78, 5) is 112. The lowest BCUT2D eigenvalue weighted by Gasteiger charge is -2.53. The maximum absolute atomic E-state index is 13.4. The number of aryl methyl sites for hydroxylation is 6. The molecule has 9 aliphatic heterocycles. The summed E-state index contributed by atoms with van der Waals surface area (Å²) in [7, 11) is 0. The molecule has 3 aromatic carbocycles. The van der Waals surface area contributed by atoms with Gasteiger partial charge in [-0.3, -0.25) is 38.8 Å². The number of benzene rings is 3. The van der Waals surface area contributed by atoms with Gasteiger partial charge in [0, 0.05) is 208 Å². The van der Waals surface area contributed by atoms with Crippen LogP contribution in [0.2, 0.25) is 0 Å². The van der Waals surface area contributed by atoms with Crippen molar-refractivity contribution >= 4 is 41.9 Å². The minimum Gasteiger partial charge on any atom is -0.442 e. The Kier molecular flexibility index (Phi) is 31.6. The van der Waals surface area contributed by atoms with Gasteiger partial charge in [0.15, 0.2) is 0 Å². The van der Waals surface area contributed by atoms with Crippen LogP contribution in [0.15, 0.2) is 54.6 Å². The molecule has 3 saturated carbocycles. The number of piperidine rings is 6. The molecule has 9 heterocycles.